The van der Waals surface area contributed by atoms with E-state index in [2.05, 4.69) is 37.3 Å². The minimum atomic E-state index is -0.348. The van der Waals surface area contributed by atoms with Gasteiger partial charge in [-0.15, -0.1) is 0 Å². The number of nitrogens with zero attached hydrogens (tertiary/aromatic N) is 3. The molecule has 0 aliphatic carbocycles. The maximum absolute atomic E-state index is 14.3. The molecule has 46 heavy (non-hydrogen) atoms. The fraction of sp³-hybridized carbons (Fsp3) is 0.378. The van der Waals surface area contributed by atoms with Gasteiger partial charge >= 0.3 is 5.97 Å². The molecule has 238 valence electrons. The van der Waals surface area contributed by atoms with Gasteiger partial charge < -0.3 is 14.7 Å². The number of H-pyrrole nitrogens is 2. The van der Waals surface area contributed by atoms with Gasteiger partial charge in [-0.3, -0.25) is 19.3 Å². The molecule has 0 fully saturated rings. The number of rotatable bonds is 7. The number of esters is 1. The molecule has 0 aromatic carbocycles. The number of aromatic amines is 2. The SMILES string of the molecule is C=CC1=C(C)c2cc3[nH]c(c4c5[nH]c(cc6nc(cc1n2)C(C)=C6CC)c(C)c5C(=O)N(CCC)C4=O)[C@@H](CCC(=O)OC)[C@@H]3C. The number of ether oxygens (including phenoxy) is 1. The standard InChI is InChI=1S/C37H41N5O4/c1-9-14-42-36(44)32-21(7)28-17-30-23(11-3)19(5)26(39-30)16-29-22(10-2)18(4)25(38-29)15-27-20(6)24(12-13-31(43)46-8)34(40-27)33(37(42)45)35(32)41-28/h10,15-17,20,24,40-41H,2,9,11-14H2,1,3-8H3/t20-,24-/m0/s1. The largest absolute Gasteiger partial charge is 0.469 e. The van der Waals surface area contributed by atoms with E-state index in [1.807, 2.05) is 45.0 Å². The topological polar surface area (TPSA) is 121 Å². The van der Waals surface area contributed by atoms with Crippen molar-refractivity contribution >= 4 is 51.1 Å². The summed E-state index contributed by atoms with van der Waals surface area (Å²) in [7, 11) is 1.38. The highest BCUT2D eigenvalue weighted by Crippen LogP contribution is 2.44. The molecule has 2 N–H and O–H groups in total. The number of methoxy groups -OCH3 is 1. The van der Waals surface area contributed by atoms with E-state index in [0.29, 0.717) is 41.7 Å². The lowest BCUT2D eigenvalue weighted by atomic mass is 9.84. The molecule has 2 atom stereocenters. The number of aromatic nitrogens is 4. The Morgan fingerprint density at radius 1 is 0.978 bits per heavy atom. The van der Waals surface area contributed by atoms with Gasteiger partial charge in [0, 0.05) is 47.3 Å². The van der Waals surface area contributed by atoms with Crippen LogP contribution in [0.2, 0.25) is 0 Å². The van der Waals surface area contributed by atoms with Gasteiger partial charge in [-0.25, -0.2) is 9.97 Å². The number of hydrogen-bond donors (Lipinski definition) is 2. The second-order valence-electron chi connectivity index (χ2n) is 12.5. The van der Waals surface area contributed by atoms with E-state index in [9.17, 15) is 14.4 Å². The molecule has 4 aliphatic rings. The number of carbonyl (C=O) groups excluding carboxylic acids is 3. The van der Waals surface area contributed by atoms with Gasteiger partial charge in [-0.1, -0.05) is 33.4 Å². The number of carbonyl (C=O) groups is 3. The molecule has 0 saturated carbocycles. The van der Waals surface area contributed by atoms with E-state index in [4.69, 9.17) is 14.7 Å². The lowest BCUT2D eigenvalue weighted by Crippen LogP contribution is -2.41. The van der Waals surface area contributed by atoms with Crippen molar-refractivity contribution in [3.8, 4) is 0 Å². The smallest absolute Gasteiger partial charge is 0.305 e. The van der Waals surface area contributed by atoms with Crippen molar-refractivity contribution in [3.05, 3.63) is 81.7 Å². The van der Waals surface area contributed by atoms with Crippen LogP contribution in [0.5, 0.6) is 0 Å². The van der Waals surface area contributed by atoms with Crippen molar-refractivity contribution in [1.29, 1.82) is 0 Å². The summed E-state index contributed by atoms with van der Waals surface area (Å²) in [5.41, 5.74) is 11.9. The number of allylic oxidation sites excluding steroid dienone is 5. The normalized spacial score (nSPS) is 18.4. The molecule has 9 heteroatoms. The van der Waals surface area contributed by atoms with Crippen LogP contribution in [0.4, 0.5) is 0 Å². The third kappa shape index (κ3) is 4.80. The zero-order valence-electron chi connectivity index (χ0n) is 27.7. The van der Waals surface area contributed by atoms with E-state index in [0.717, 1.165) is 68.3 Å². The van der Waals surface area contributed by atoms with Crippen LogP contribution in [0.1, 0.15) is 133 Å². The Hall–Kier alpha value is -4.79. The van der Waals surface area contributed by atoms with E-state index in [1.54, 1.807) is 0 Å². The first-order valence-corrected chi connectivity index (χ1v) is 16.1. The van der Waals surface area contributed by atoms with Crippen LogP contribution in [-0.2, 0) is 9.53 Å². The average molecular weight is 620 g/mol. The first kappa shape index (κ1) is 31.2. The van der Waals surface area contributed by atoms with Crippen molar-refractivity contribution in [2.45, 2.75) is 79.1 Å². The summed E-state index contributed by atoms with van der Waals surface area (Å²) in [6.45, 7) is 16.6. The van der Waals surface area contributed by atoms with Crippen LogP contribution >= 0.6 is 0 Å². The van der Waals surface area contributed by atoms with Crippen LogP contribution in [-0.4, -0.2) is 56.3 Å². The van der Waals surface area contributed by atoms with Gasteiger partial charge in [0.2, 0.25) is 0 Å². The lowest BCUT2D eigenvalue weighted by molar-refractivity contribution is -0.140. The van der Waals surface area contributed by atoms with E-state index < -0.39 is 0 Å². The number of nitrogens with one attached hydrogen (secondary N) is 2. The van der Waals surface area contributed by atoms with Crippen LogP contribution in [0.3, 0.4) is 0 Å². The van der Waals surface area contributed by atoms with E-state index >= 15 is 0 Å². The summed E-state index contributed by atoms with van der Waals surface area (Å²) >= 11 is 0. The molecule has 2 aromatic rings. The molecule has 2 aromatic heterocycles. The predicted octanol–water partition coefficient (Wildman–Crippen LogP) is 7.65. The summed E-state index contributed by atoms with van der Waals surface area (Å²) < 4.78 is 4.99. The highest BCUT2D eigenvalue weighted by Gasteiger charge is 2.40. The van der Waals surface area contributed by atoms with Crippen molar-refractivity contribution in [2.75, 3.05) is 13.7 Å². The Morgan fingerprint density at radius 2 is 1.67 bits per heavy atom. The Balaban J connectivity index is 1.79. The van der Waals surface area contributed by atoms with Gasteiger partial charge in [0.05, 0.1) is 46.5 Å². The minimum Gasteiger partial charge on any atom is -0.469 e. The highest BCUT2D eigenvalue weighted by molar-refractivity contribution is 6.23. The molecule has 0 unspecified atom stereocenters. The van der Waals surface area contributed by atoms with Crippen molar-refractivity contribution in [3.63, 3.8) is 0 Å². The Labute approximate surface area is 269 Å². The third-order valence-corrected chi connectivity index (χ3v) is 9.90. The number of hydrogen-bond acceptors (Lipinski definition) is 6. The van der Waals surface area contributed by atoms with Crippen LogP contribution in [0, 0.1) is 6.92 Å². The van der Waals surface area contributed by atoms with Gasteiger partial charge in [-0.05, 0) is 80.5 Å². The van der Waals surface area contributed by atoms with E-state index in [-0.39, 0.29) is 36.0 Å². The molecule has 4 aliphatic heterocycles. The van der Waals surface area contributed by atoms with Gasteiger partial charge in [-0.2, -0.15) is 0 Å². The molecule has 8 bridgehead atoms. The molecular formula is C37H41N5O4. The Morgan fingerprint density at radius 3 is 2.35 bits per heavy atom. The summed E-state index contributed by atoms with van der Waals surface area (Å²) in [6.07, 6.45) is 3.89. The molecule has 0 radical (unpaired) electrons. The van der Waals surface area contributed by atoms with Crippen LogP contribution in [0.15, 0.2) is 30.9 Å². The van der Waals surface area contributed by atoms with E-state index in [1.165, 1.54) is 12.0 Å². The molecular weight excluding hydrogens is 578 g/mol. The first-order chi connectivity index (χ1) is 22.0. The lowest BCUT2D eigenvalue weighted by Gasteiger charge is -2.27. The third-order valence-electron chi connectivity index (χ3n) is 9.90. The summed E-state index contributed by atoms with van der Waals surface area (Å²) in [6, 6.07) is 6.04. The predicted molar refractivity (Wildman–Crippen MR) is 181 cm³/mol. The fourth-order valence-electron chi connectivity index (χ4n) is 7.23. The molecule has 0 spiro atoms. The van der Waals surface area contributed by atoms with Crippen LogP contribution in [0.25, 0.3) is 33.3 Å². The summed E-state index contributed by atoms with van der Waals surface area (Å²) in [4.78, 5) is 59.2. The first-order valence-electron chi connectivity index (χ1n) is 16.1. The number of amides is 2. The molecule has 9 nitrogen and oxygen atoms in total. The maximum atomic E-state index is 14.3. The maximum Gasteiger partial charge on any atom is 0.305 e. The molecule has 2 amide bonds. The second kappa shape index (κ2) is 11.9. The number of imide groups is 1. The van der Waals surface area contributed by atoms with Crippen molar-refractivity contribution in [2.24, 2.45) is 0 Å². The minimum absolute atomic E-state index is 0.0811. The summed E-state index contributed by atoms with van der Waals surface area (Å²) in [5, 5.41) is 0. The fourth-order valence-corrected chi connectivity index (χ4v) is 7.23. The second-order valence-corrected chi connectivity index (χ2v) is 12.5. The summed E-state index contributed by atoms with van der Waals surface area (Å²) in [5.74, 6) is -1.26. The van der Waals surface area contributed by atoms with Crippen molar-refractivity contribution in [1.82, 2.24) is 24.8 Å². The number of fused-ring (bicyclic) bond motifs is 8. The number of aryl methyl sites for hydroxylation is 1. The Kier molecular flexibility index (Phi) is 8.04. The van der Waals surface area contributed by atoms with Gasteiger partial charge in [0.25, 0.3) is 11.8 Å². The average Bonchev–Trinajstić information content (AvgIpc) is 3.71. The van der Waals surface area contributed by atoms with Crippen LogP contribution < -0.4 is 0 Å². The Bertz CT molecular complexity index is 1970. The molecule has 0 saturated heterocycles. The monoisotopic (exact) mass is 619 g/mol. The van der Waals surface area contributed by atoms with Gasteiger partial charge in [0.1, 0.15) is 0 Å². The van der Waals surface area contributed by atoms with Crippen molar-refractivity contribution < 1.29 is 19.1 Å². The van der Waals surface area contributed by atoms with Gasteiger partial charge in [0.15, 0.2) is 0 Å². The zero-order valence-corrected chi connectivity index (χ0v) is 27.7. The quantitative estimate of drug-likeness (QED) is 0.243. The molecule has 6 rings (SSSR count). The molecule has 6 heterocycles. The zero-order chi connectivity index (χ0) is 33.0. The highest BCUT2D eigenvalue weighted by atomic mass is 16.5.